The Morgan fingerprint density at radius 3 is 2.75 bits per heavy atom. The summed E-state index contributed by atoms with van der Waals surface area (Å²) in [6.45, 7) is 10.3. The van der Waals surface area contributed by atoms with Crippen LogP contribution in [0.1, 0.15) is 44.7 Å². The van der Waals surface area contributed by atoms with Crippen LogP contribution in [0.4, 0.5) is 0 Å². The fraction of sp³-hybridized carbons (Fsp3) is 0.370. The lowest BCUT2D eigenvalue weighted by molar-refractivity contribution is -0.127. The number of hydrogen-bond acceptors (Lipinski definition) is 3. The number of ether oxygens (including phenoxy) is 1. The second-order valence-electron chi connectivity index (χ2n) is 8.70. The molecule has 1 saturated heterocycles. The zero-order valence-electron chi connectivity index (χ0n) is 19.2. The van der Waals surface area contributed by atoms with Crippen molar-refractivity contribution < 1.29 is 13.9 Å². The van der Waals surface area contributed by atoms with Gasteiger partial charge < -0.3 is 14.1 Å². The predicted molar refractivity (Wildman–Crippen MR) is 131 cm³/mol. The largest absolute Gasteiger partial charge is 0.493 e. The van der Waals surface area contributed by atoms with Gasteiger partial charge >= 0.3 is 0 Å². The van der Waals surface area contributed by atoms with Crippen molar-refractivity contribution >= 4 is 34.1 Å². The predicted octanol–water partition coefficient (Wildman–Crippen LogP) is 7.12. The first-order valence-electron chi connectivity index (χ1n) is 11.3. The molecule has 3 aromatic rings. The van der Waals surface area contributed by atoms with Gasteiger partial charge in [0.1, 0.15) is 11.3 Å². The molecular weight excluding hydrogens is 422 g/mol. The van der Waals surface area contributed by atoms with Crippen LogP contribution in [0.5, 0.6) is 5.75 Å². The van der Waals surface area contributed by atoms with Gasteiger partial charge in [0.05, 0.1) is 12.9 Å². The molecule has 1 amide bonds. The van der Waals surface area contributed by atoms with E-state index in [1.54, 1.807) is 12.3 Å². The van der Waals surface area contributed by atoms with Gasteiger partial charge in [-0.15, -0.1) is 0 Å². The van der Waals surface area contributed by atoms with Gasteiger partial charge in [0, 0.05) is 46.3 Å². The number of allylic oxidation sites excluding steroid dienone is 1. The second kappa shape index (κ2) is 9.41. The van der Waals surface area contributed by atoms with E-state index in [9.17, 15) is 4.79 Å². The first-order chi connectivity index (χ1) is 15.4. The molecule has 32 heavy (non-hydrogen) atoms. The lowest BCUT2D eigenvalue weighted by atomic mass is 9.96. The third kappa shape index (κ3) is 4.42. The SMILES string of the molecule is CCOc1c(/C(C)=C/C(=O)N2CCCC(C)C2)cc2c(-c3ccc(Cl)cc3)coc2c1C. The number of halogens is 1. The topological polar surface area (TPSA) is 42.7 Å². The molecule has 4 rings (SSSR count). The minimum Gasteiger partial charge on any atom is -0.493 e. The summed E-state index contributed by atoms with van der Waals surface area (Å²) < 4.78 is 12.0. The molecule has 1 unspecified atom stereocenters. The number of rotatable bonds is 5. The van der Waals surface area contributed by atoms with Crippen LogP contribution in [0.2, 0.25) is 5.02 Å². The van der Waals surface area contributed by atoms with Crippen molar-refractivity contribution in [2.24, 2.45) is 5.92 Å². The van der Waals surface area contributed by atoms with E-state index in [2.05, 4.69) is 13.0 Å². The number of hydrogen-bond donors (Lipinski definition) is 0. The van der Waals surface area contributed by atoms with Crippen molar-refractivity contribution in [2.45, 2.75) is 40.5 Å². The maximum Gasteiger partial charge on any atom is 0.246 e. The highest BCUT2D eigenvalue weighted by molar-refractivity contribution is 6.30. The summed E-state index contributed by atoms with van der Waals surface area (Å²) in [5, 5.41) is 1.69. The van der Waals surface area contributed by atoms with Crippen molar-refractivity contribution in [1.29, 1.82) is 0 Å². The van der Waals surface area contributed by atoms with Gasteiger partial charge in [0.25, 0.3) is 0 Å². The Kier molecular flexibility index (Phi) is 6.61. The van der Waals surface area contributed by atoms with Crippen molar-refractivity contribution in [3.8, 4) is 16.9 Å². The van der Waals surface area contributed by atoms with E-state index < -0.39 is 0 Å². The summed E-state index contributed by atoms with van der Waals surface area (Å²) in [6.07, 6.45) is 5.78. The number of fused-ring (bicyclic) bond motifs is 1. The molecule has 0 bridgehead atoms. The standard InChI is InChI=1S/C27H30ClNO3/c1-5-31-26-19(4)27-23(24(16-32-27)20-8-10-21(28)11-9-20)14-22(26)18(3)13-25(30)29-12-6-7-17(2)15-29/h8-11,13-14,16-17H,5-7,12,15H2,1-4H3/b18-13+. The molecule has 4 nitrogen and oxygen atoms in total. The molecule has 1 atom stereocenters. The average Bonchev–Trinajstić information content (AvgIpc) is 3.20. The number of carbonyl (C=O) groups excluding carboxylic acids is 1. The molecule has 0 N–H and O–H groups in total. The zero-order chi connectivity index (χ0) is 22.8. The van der Waals surface area contributed by atoms with E-state index in [4.69, 9.17) is 20.8 Å². The normalized spacial score (nSPS) is 17.1. The number of amides is 1. The monoisotopic (exact) mass is 451 g/mol. The van der Waals surface area contributed by atoms with E-state index in [0.717, 1.165) is 64.1 Å². The summed E-state index contributed by atoms with van der Waals surface area (Å²) in [7, 11) is 0. The maximum absolute atomic E-state index is 13.0. The van der Waals surface area contributed by atoms with Crippen LogP contribution in [0.15, 0.2) is 47.1 Å². The van der Waals surface area contributed by atoms with E-state index >= 15 is 0 Å². The Balaban J connectivity index is 1.79. The molecule has 5 heteroatoms. The fourth-order valence-corrected chi connectivity index (χ4v) is 4.66. The highest BCUT2D eigenvalue weighted by Crippen LogP contribution is 2.41. The Hall–Kier alpha value is -2.72. The molecule has 1 fully saturated rings. The third-order valence-electron chi connectivity index (χ3n) is 6.22. The molecule has 2 heterocycles. The molecule has 2 aromatic carbocycles. The van der Waals surface area contributed by atoms with Crippen LogP contribution >= 0.6 is 11.6 Å². The summed E-state index contributed by atoms with van der Waals surface area (Å²) in [5.74, 6) is 1.39. The minimum absolute atomic E-state index is 0.0689. The minimum atomic E-state index is 0.0689. The van der Waals surface area contributed by atoms with Gasteiger partial charge in [-0.2, -0.15) is 0 Å². The van der Waals surface area contributed by atoms with Gasteiger partial charge in [0.2, 0.25) is 5.91 Å². The molecule has 1 aliphatic rings. The number of carbonyl (C=O) groups is 1. The van der Waals surface area contributed by atoms with Crippen molar-refractivity contribution in [3.05, 3.63) is 58.8 Å². The molecule has 0 aliphatic carbocycles. The van der Waals surface area contributed by atoms with Crippen LogP contribution in [0.3, 0.4) is 0 Å². The number of furan rings is 1. The van der Waals surface area contributed by atoms with E-state index in [1.165, 1.54) is 6.42 Å². The number of likely N-dealkylation sites (tertiary alicyclic amines) is 1. The number of nitrogens with zero attached hydrogens (tertiary/aromatic N) is 1. The summed E-state index contributed by atoms with van der Waals surface area (Å²) in [4.78, 5) is 15.0. The molecule has 1 aliphatic heterocycles. The summed E-state index contributed by atoms with van der Waals surface area (Å²) in [6, 6.07) is 9.81. The number of piperidine rings is 1. The van der Waals surface area contributed by atoms with Crippen LogP contribution < -0.4 is 4.74 Å². The molecule has 168 valence electrons. The van der Waals surface area contributed by atoms with Crippen molar-refractivity contribution in [3.63, 3.8) is 0 Å². The zero-order valence-corrected chi connectivity index (χ0v) is 20.0. The quantitative estimate of drug-likeness (QED) is 0.388. The number of aryl methyl sites for hydroxylation is 1. The smallest absolute Gasteiger partial charge is 0.246 e. The van der Waals surface area contributed by atoms with Crippen LogP contribution in [0, 0.1) is 12.8 Å². The van der Waals surface area contributed by atoms with Gasteiger partial charge in [-0.25, -0.2) is 0 Å². The Labute approximate surface area is 194 Å². The van der Waals surface area contributed by atoms with Crippen LogP contribution in [-0.4, -0.2) is 30.5 Å². The summed E-state index contributed by atoms with van der Waals surface area (Å²) in [5.41, 5.74) is 5.57. The van der Waals surface area contributed by atoms with Gasteiger partial charge in [-0.1, -0.05) is 30.7 Å². The highest BCUT2D eigenvalue weighted by atomic mass is 35.5. The summed E-state index contributed by atoms with van der Waals surface area (Å²) >= 11 is 6.08. The first-order valence-corrected chi connectivity index (χ1v) is 11.7. The number of benzene rings is 2. The van der Waals surface area contributed by atoms with Gasteiger partial charge in [0.15, 0.2) is 0 Å². The van der Waals surface area contributed by atoms with Gasteiger partial charge in [-0.05, 0) is 68.9 Å². The molecule has 1 aromatic heterocycles. The highest BCUT2D eigenvalue weighted by Gasteiger charge is 2.22. The lowest BCUT2D eigenvalue weighted by Gasteiger charge is -2.30. The van der Waals surface area contributed by atoms with E-state index in [0.29, 0.717) is 17.5 Å². The van der Waals surface area contributed by atoms with Crippen LogP contribution in [-0.2, 0) is 4.79 Å². The molecular formula is C27H30ClNO3. The maximum atomic E-state index is 13.0. The van der Waals surface area contributed by atoms with E-state index in [1.807, 2.05) is 49.9 Å². The molecule has 0 saturated carbocycles. The second-order valence-corrected chi connectivity index (χ2v) is 9.14. The third-order valence-corrected chi connectivity index (χ3v) is 6.47. The Bertz CT molecular complexity index is 1160. The van der Waals surface area contributed by atoms with Crippen molar-refractivity contribution in [2.75, 3.05) is 19.7 Å². The Morgan fingerprint density at radius 1 is 1.31 bits per heavy atom. The Morgan fingerprint density at radius 2 is 2.06 bits per heavy atom. The van der Waals surface area contributed by atoms with E-state index in [-0.39, 0.29) is 5.91 Å². The molecule has 0 spiro atoms. The fourth-order valence-electron chi connectivity index (χ4n) is 4.54. The average molecular weight is 452 g/mol. The van der Waals surface area contributed by atoms with Gasteiger partial charge in [-0.3, -0.25) is 4.79 Å². The molecule has 0 radical (unpaired) electrons. The van der Waals surface area contributed by atoms with Crippen molar-refractivity contribution in [1.82, 2.24) is 4.90 Å². The first kappa shape index (κ1) is 22.5. The van der Waals surface area contributed by atoms with Crippen LogP contribution in [0.25, 0.3) is 27.7 Å². The lowest BCUT2D eigenvalue weighted by Crippen LogP contribution is -2.38.